The van der Waals surface area contributed by atoms with E-state index in [9.17, 15) is 4.79 Å². The maximum atomic E-state index is 13.7. The first-order valence-electron chi connectivity index (χ1n) is 11.0. The summed E-state index contributed by atoms with van der Waals surface area (Å²) < 4.78 is 6.94. The highest BCUT2D eigenvalue weighted by atomic mass is 35.5. The topological polar surface area (TPSA) is 72.6 Å². The smallest absolute Gasteiger partial charge is 0.274 e. The molecule has 170 valence electrons. The number of aryl methyl sites for hydroxylation is 1. The third-order valence-electron chi connectivity index (χ3n) is 6.00. The van der Waals surface area contributed by atoms with Crippen molar-refractivity contribution in [2.75, 3.05) is 13.7 Å². The van der Waals surface area contributed by atoms with Crippen molar-refractivity contribution in [3.8, 4) is 16.3 Å². The summed E-state index contributed by atoms with van der Waals surface area (Å²) in [5.74, 6) is 0.462. The van der Waals surface area contributed by atoms with Gasteiger partial charge in [-0.3, -0.25) is 9.20 Å². The Morgan fingerprint density at radius 1 is 1.24 bits per heavy atom. The lowest BCUT2D eigenvalue weighted by Crippen LogP contribution is -2.45. The minimum absolute atomic E-state index is 0.00847. The minimum atomic E-state index is -0.0221. The number of fused-ring (bicyclic) bond motifs is 1. The van der Waals surface area contributed by atoms with Crippen LogP contribution in [0.3, 0.4) is 0 Å². The van der Waals surface area contributed by atoms with E-state index in [0.29, 0.717) is 35.3 Å². The van der Waals surface area contributed by atoms with Gasteiger partial charge in [0.15, 0.2) is 0 Å². The number of imidazole rings is 1. The number of piperidine rings is 1. The van der Waals surface area contributed by atoms with E-state index in [4.69, 9.17) is 21.3 Å². The van der Waals surface area contributed by atoms with Gasteiger partial charge < -0.3 is 9.64 Å². The van der Waals surface area contributed by atoms with E-state index in [1.165, 1.54) is 0 Å². The summed E-state index contributed by atoms with van der Waals surface area (Å²) in [4.78, 5) is 30.2. The van der Waals surface area contributed by atoms with Crippen LogP contribution in [0.5, 0.6) is 5.88 Å². The molecule has 4 heterocycles. The van der Waals surface area contributed by atoms with Crippen LogP contribution in [0.1, 0.15) is 40.5 Å². The van der Waals surface area contributed by atoms with Gasteiger partial charge in [0.05, 0.1) is 22.7 Å². The predicted molar refractivity (Wildman–Crippen MR) is 129 cm³/mol. The molecule has 0 N–H and O–H groups in total. The van der Waals surface area contributed by atoms with Crippen LogP contribution in [0.4, 0.5) is 0 Å². The minimum Gasteiger partial charge on any atom is -0.481 e. The Balaban J connectivity index is 1.45. The second-order valence-corrected chi connectivity index (χ2v) is 9.70. The summed E-state index contributed by atoms with van der Waals surface area (Å²) in [6.45, 7) is 2.65. The second kappa shape index (κ2) is 9.11. The molecule has 1 fully saturated rings. The van der Waals surface area contributed by atoms with E-state index in [-0.39, 0.29) is 11.9 Å². The van der Waals surface area contributed by atoms with E-state index in [0.717, 1.165) is 40.4 Å². The van der Waals surface area contributed by atoms with E-state index in [2.05, 4.69) is 9.97 Å². The van der Waals surface area contributed by atoms with Crippen LogP contribution in [0.25, 0.3) is 16.1 Å². The highest BCUT2D eigenvalue weighted by Gasteiger charge is 2.32. The number of likely N-dealkylation sites (tertiary alicyclic amines) is 1. The Labute approximate surface area is 201 Å². The zero-order valence-corrected chi connectivity index (χ0v) is 20.1. The van der Waals surface area contributed by atoms with Crippen molar-refractivity contribution in [1.82, 2.24) is 24.3 Å². The van der Waals surface area contributed by atoms with Crippen molar-refractivity contribution in [1.29, 1.82) is 0 Å². The number of halogens is 1. The maximum Gasteiger partial charge on any atom is 0.274 e. The maximum absolute atomic E-state index is 13.7. The molecule has 0 unspecified atom stereocenters. The number of carbonyl (C=O) groups excluding carboxylic acids is 1. The van der Waals surface area contributed by atoms with Gasteiger partial charge in [-0.2, -0.15) is 0 Å². The van der Waals surface area contributed by atoms with Crippen LogP contribution in [0.2, 0.25) is 5.15 Å². The van der Waals surface area contributed by atoms with Gasteiger partial charge in [0, 0.05) is 25.1 Å². The van der Waals surface area contributed by atoms with Gasteiger partial charge in [-0.1, -0.05) is 41.9 Å². The van der Waals surface area contributed by atoms with Crippen molar-refractivity contribution < 1.29 is 9.53 Å². The largest absolute Gasteiger partial charge is 0.481 e. The number of aromatic nitrogens is 4. The van der Waals surface area contributed by atoms with Crippen LogP contribution >= 0.6 is 22.9 Å². The molecule has 3 aromatic heterocycles. The molecule has 1 aromatic carbocycles. The molecule has 4 aromatic rings. The van der Waals surface area contributed by atoms with Crippen molar-refractivity contribution in [2.24, 2.45) is 0 Å². The lowest BCUT2D eigenvalue weighted by molar-refractivity contribution is 0.0608. The predicted octanol–water partition coefficient (Wildman–Crippen LogP) is 5.06. The van der Waals surface area contributed by atoms with Gasteiger partial charge in [-0.25, -0.2) is 15.0 Å². The molecular weight excluding hydrogens is 458 g/mol. The summed E-state index contributed by atoms with van der Waals surface area (Å²) in [6.07, 6.45) is 5.14. The standard InChI is InChI=1S/C24H24ClN5O2S/c1-15-27-21(22(33-15)16-8-4-3-5-9-16)24(31)29-11-7-6-10-17(29)12-18-23(25)30-14-26-20(32-2)13-19(30)28-18/h3-5,8-9,13-14,17H,6-7,10-12H2,1-2H3/t17-/m0/s1. The number of benzene rings is 1. The normalized spacial score (nSPS) is 16.3. The fourth-order valence-corrected chi connectivity index (χ4v) is 5.56. The van der Waals surface area contributed by atoms with Crippen molar-refractivity contribution in [3.63, 3.8) is 0 Å². The van der Waals surface area contributed by atoms with Gasteiger partial charge in [-0.15, -0.1) is 11.3 Å². The molecule has 0 aliphatic carbocycles. The van der Waals surface area contributed by atoms with Crippen LogP contribution in [-0.4, -0.2) is 49.9 Å². The third kappa shape index (κ3) is 4.20. The van der Waals surface area contributed by atoms with Crippen LogP contribution in [-0.2, 0) is 6.42 Å². The molecule has 0 bridgehead atoms. The number of amides is 1. The van der Waals surface area contributed by atoms with Gasteiger partial charge in [0.2, 0.25) is 5.88 Å². The molecule has 5 rings (SSSR count). The third-order valence-corrected chi connectivity index (χ3v) is 7.42. The molecule has 9 heteroatoms. The highest BCUT2D eigenvalue weighted by molar-refractivity contribution is 7.15. The number of hydrogen-bond acceptors (Lipinski definition) is 6. The van der Waals surface area contributed by atoms with Crippen LogP contribution in [0.15, 0.2) is 42.7 Å². The first-order valence-corrected chi connectivity index (χ1v) is 12.1. The SMILES string of the molecule is COc1cc2nc(C[C@@H]3CCCCN3C(=O)c3nc(C)sc3-c3ccccc3)c(Cl)n2cn1. The number of nitrogens with zero attached hydrogens (tertiary/aromatic N) is 5. The fourth-order valence-electron chi connectivity index (χ4n) is 4.39. The zero-order chi connectivity index (χ0) is 22.9. The molecule has 0 radical (unpaired) electrons. The Bertz CT molecular complexity index is 1300. The van der Waals surface area contributed by atoms with Crippen molar-refractivity contribution in [2.45, 2.75) is 38.6 Å². The first-order chi connectivity index (χ1) is 16.0. The molecule has 1 amide bonds. The molecule has 33 heavy (non-hydrogen) atoms. The number of thiazole rings is 1. The molecule has 0 saturated carbocycles. The molecule has 7 nitrogen and oxygen atoms in total. The monoisotopic (exact) mass is 481 g/mol. The summed E-state index contributed by atoms with van der Waals surface area (Å²) >= 11 is 8.19. The molecular formula is C24H24ClN5O2S. The Morgan fingerprint density at radius 3 is 2.85 bits per heavy atom. The quantitative estimate of drug-likeness (QED) is 0.398. The van der Waals surface area contributed by atoms with Crippen LogP contribution in [0, 0.1) is 6.92 Å². The summed E-state index contributed by atoms with van der Waals surface area (Å²) in [5.41, 5.74) is 2.99. The average molecular weight is 482 g/mol. The second-order valence-electron chi connectivity index (χ2n) is 8.14. The Morgan fingerprint density at radius 2 is 2.06 bits per heavy atom. The van der Waals surface area contributed by atoms with E-state index in [1.807, 2.05) is 42.2 Å². The lowest BCUT2D eigenvalue weighted by Gasteiger charge is -2.35. The van der Waals surface area contributed by atoms with E-state index in [1.54, 1.807) is 35.2 Å². The molecule has 1 aliphatic rings. The number of rotatable bonds is 5. The van der Waals surface area contributed by atoms with Crippen molar-refractivity contribution in [3.05, 3.63) is 64.3 Å². The molecule has 0 spiro atoms. The molecule has 1 saturated heterocycles. The Hall–Kier alpha value is -2.97. The summed E-state index contributed by atoms with van der Waals surface area (Å²) in [6, 6.07) is 11.8. The highest BCUT2D eigenvalue weighted by Crippen LogP contribution is 2.33. The molecule has 1 atom stereocenters. The lowest BCUT2D eigenvalue weighted by atomic mass is 9.97. The average Bonchev–Trinajstić information content (AvgIpc) is 3.39. The zero-order valence-electron chi connectivity index (χ0n) is 18.5. The van der Waals surface area contributed by atoms with Crippen molar-refractivity contribution >= 4 is 34.5 Å². The number of hydrogen-bond donors (Lipinski definition) is 0. The molecule has 1 aliphatic heterocycles. The summed E-state index contributed by atoms with van der Waals surface area (Å²) in [7, 11) is 1.57. The van der Waals surface area contributed by atoms with Gasteiger partial charge in [0.1, 0.15) is 22.8 Å². The number of methoxy groups -OCH3 is 1. The first kappa shape index (κ1) is 21.9. The number of ether oxygens (including phenoxy) is 1. The van der Waals surface area contributed by atoms with E-state index >= 15 is 0 Å². The van der Waals surface area contributed by atoms with Gasteiger partial charge in [-0.05, 0) is 31.7 Å². The van der Waals surface area contributed by atoms with E-state index < -0.39 is 0 Å². The Kier molecular flexibility index (Phi) is 6.03. The number of carbonyl (C=O) groups is 1. The van der Waals surface area contributed by atoms with Gasteiger partial charge >= 0.3 is 0 Å². The van der Waals surface area contributed by atoms with Gasteiger partial charge in [0.25, 0.3) is 5.91 Å². The fraction of sp³-hybridized carbons (Fsp3) is 0.333. The summed E-state index contributed by atoms with van der Waals surface area (Å²) in [5, 5.41) is 1.41. The van der Waals surface area contributed by atoms with Crippen LogP contribution < -0.4 is 4.74 Å².